The second-order valence-corrected chi connectivity index (χ2v) is 9.90. The minimum atomic E-state index is -3.59. The number of hydrogen-bond acceptors (Lipinski definition) is 6. The van der Waals surface area contributed by atoms with Gasteiger partial charge in [0.15, 0.2) is 0 Å². The zero-order valence-corrected chi connectivity index (χ0v) is 20.6. The molecule has 0 fully saturated rings. The lowest BCUT2D eigenvalue weighted by Gasteiger charge is -2.21. The van der Waals surface area contributed by atoms with Crippen LogP contribution < -0.4 is 20.5 Å². The van der Waals surface area contributed by atoms with E-state index in [1.807, 2.05) is 54.6 Å². The van der Waals surface area contributed by atoms with Gasteiger partial charge in [-0.3, -0.25) is 4.79 Å². The van der Waals surface area contributed by atoms with Crippen molar-refractivity contribution in [3.63, 3.8) is 0 Å². The second-order valence-electron chi connectivity index (χ2n) is 8.02. The molecule has 2 aromatic rings. The van der Waals surface area contributed by atoms with Crippen molar-refractivity contribution < 1.29 is 22.7 Å². The van der Waals surface area contributed by atoms with E-state index in [2.05, 4.69) is 23.9 Å². The van der Waals surface area contributed by atoms with Gasteiger partial charge in [-0.05, 0) is 35.6 Å². The van der Waals surface area contributed by atoms with Crippen LogP contribution >= 0.6 is 0 Å². The summed E-state index contributed by atoms with van der Waals surface area (Å²) in [6.07, 6.45) is 3.89. The third-order valence-electron chi connectivity index (χ3n) is 5.11. The molecule has 2 rings (SSSR count). The summed E-state index contributed by atoms with van der Waals surface area (Å²) < 4.78 is 39.8. The van der Waals surface area contributed by atoms with Gasteiger partial charge in [0.05, 0.1) is 18.4 Å². The molecule has 8 nitrogen and oxygen atoms in total. The summed E-state index contributed by atoms with van der Waals surface area (Å²) in [4.78, 5) is 10.6. The largest absolute Gasteiger partial charge is 0.493 e. The van der Waals surface area contributed by atoms with Crippen LogP contribution in [0.3, 0.4) is 0 Å². The monoisotopic (exact) mass is 489 g/mol. The zero-order chi connectivity index (χ0) is 24.8. The molecule has 34 heavy (non-hydrogen) atoms. The van der Waals surface area contributed by atoms with Crippen LogP contribution in [0.5, 0.6) is 5.75 Å². The van der Waals surface area contributed by atoms with Gasteiger partial charge in [-0.2, -0.15) is 0 Å². The maximum absolute atomic E-state index is 12.9. The Morgan fingerprint density at radius 3 is 2.56 bits per heavy atom. The predicted molar refractivity (Wildman–Crippen MR) is 134 cm³/mol. The average molecular weight is 490 g/mol. The Hall–Kier alpha value is -2.88. The molecule has 0 saturated carbocycles. The molecule has 0 heterocycles. The van der Waals surface area contributed by atoms with Crippen LogP contribution in [0.4, 0.5) is 0 Å². The number of carbonyl (C=O) groups is 1. The van der Waals surface area contributed by atoms with Gasteiger partial charge in [-0.25, -0.2) is 13.1 Å². The highest BCUT2D eigenvalue weighted by atomic mass is 32.2. The van der Waals surface area contributed by atoms with Crippen molar-refractivity contribution in [2.45, 2.75) is 32.7 Å². The number of sulfonamides is 1. The number of nitrogens with two attached hydrogens (primary N) is 1. The maximum atomic E-state index is 12.9. The first kappa shape index (κ1) is 27.4. The van der Waals surface area contributed by atoms with Crippen molar-refractivity contribution in [2.24, 2.45) is 11.7 Å². The van der Waals surface area contributed by atoms with Crippen molar-refractivity contribution in [3.8, 4) is 5.75 Å². The highest BCUT2D eigenvalue weighted by Crippen LogP contribution is 2.26. The van der Waals surface area contributed by atoms with E-state index in [0.29, 0.717) is 24.7 Å². The second kappa shape index (κ2) is 14.4. The lowest BCUT2D eigenvalue weighted by atomic mass is 9.99. The first-order valence-corrected chi connectivity index (χ1v) is 13.0. The standard InChI is InChI=1S/C25H35N3O5S/c1-3-20(2)18-33-23-12-7-11-22(17-23)25(21-9-5-4-6-10-21)28-34(30,31)16-8-15-32-19-27-14-13-24(26)29/h4-7,9-14,17,20,25,27-28H,3,8,15-16,18-19H2,1-2H3,(H2,26,29)/b14-13-/t20-,25?/m0/s1. The fraction of sp³-hybridized carbons (Fsp3) is 0.400. The number of rotatable bonds is 16. The van der Waals surface area contributed by atoms with Gasteiger partial charge in [0.2, 0.25) is 15.9 Å². The number of nitrogens with one attached hydrogen (secondary N) is 2. The number of primary amides is 1. The van der Waals surface area contributed by atoms with Gasteiger partial charge in [0.25, 0.3) is 0 Å². The van der Waals surface area contributed by atoms with E-state index >= 15 is 0 Å². The van der Waals surface area contributed by atoms with Crippen molar-refractivity contribution in [1.29, 1.82) is 0 Å². The van der Waals surface area contributed by atoms with E-state index in [9.17, 15) is 13.2 Å². The number of ether oxygens (including phenoxy) is 2. The molecule has 9 heteroatoms. The van der Waals surface area contributed by atoms with Crippen molar-refractivity contribution in [1.82, 2.24) is 10.0 Å². The van der Waals surface area contributed by atoms with Crippen molar-refractivity contribution in [3.05, 3.63) is 78.0 Å². The molecule has 0 radical (unpaired) electrons. The van der Waals surface area contributed by atoms with Crippen LogP contribution in [-0.4, -0.2) is 40.0 Å². The summed E-state index contributed by atoms with van der Waals surface area (Å²) >= 11 is 0. The third-order valence-corrected chi connectivity index (χ3v) is 6.53. The minimum absolute atomic E-state index is 0.0857. The smallest absolute Gasteiger partial charge is 0.242 e. The van der Waals surface area contributed by atoms with Crippen LogP contribution in [0.15, 0.2) is 66.9 Å². The Morgan fingerprint density at radius 2 is 1.85 bits per heavy atom. The lowest BCUT2D eigenvalue weighted by molar-refractivity contribution is -0.113. The summed E-state index contributed by atoms with van der Waals surface area (Å²) in [5.74, 6) is 0.496. The average Bonchev–Trinajstić information content (AvgIpc) is 2.83. The molecule has 0 bridgehead atoms. The van der Waals surface area contributed by atoms with E-state index in [1.165, 1.54) is 12.3 Å². The normalized spacial score (nSPS) is 13.5. The van der Waals surface area contributed by atoms with Crippen LogP contribution in [-0.2, 0) is 19.6 Å². The van der Waals surface area contributed by atoms with Crippen molar-refractivity contribution >= 4 is 15.9 Å². The molecule has 0 aliphatic carbocycles. The Morgan fingerprint density at radius 1 is 1.12 bits per heavy atom. The Labute approximate surface area is 202 Å². The summed E-state index contributed by atoms with van der Waals surface area (Å²) in [5.41, 5.74) is 6.62. The predicted octanol–water partition coefficient (Wildman–Crippen LogP) is 3.07. The molecule has 0 saturated heterocycles. The van der Waals surface area contributed by atoms with Gasteiger partial charge in [-0.1, -0.05) is 62.7 Å². The molecular formula is C25H35N3O5S. The van der Waals surface area contributed by atoms with Crippen molar-refractivity contribution in [2.75, 3.05) is 25.7 Å². The number of benzene rings is 2. The molecule has 186 valence electrons. The zero-order valence-electron chi connectivity index (χ0n) is 19.8. The Bertz CT molecular complexity index is 1010. The number of carbonyl (C=O) groups excluding carboxylic acids is 1. The summed E-state index contributed by atoms with van der Waals surface area (Å²) in [5, 5.41) is 2.74. The molecule has 1 amide bonds. The molecule has 0 aliphatic heterocycles. The molecular weight excluding hydrogens is 454 g/mol. The highest BCUT2D eigenvalue weighted by molar-refractivity contribution is 7.89. The molecule has 0 aliphatic rings. The van der Waals surface area contributed by atoms with E-state index in [4.69, 9.17) is 15.2 Å². The third kappa shape index (κ3) is 10.4. The number of hydrogen-bond donors (Lipinski definition) is 3. The lowest BCUT2D eigenvalue weighted by Crippen LogP contribution is -2.32. The summed E-state index contributed by atoms with van der Waals surface area (Å²) in [6.45, 7) is 5.24. The van der Waals surface area contributed by atoms with E-state index in [1.54, 1.807) is 0 Å². The first-order valence-electron chi connectivity index (χ1n) is 11.4. The first-order chi connectivity index (χ1) is 16.3. The van der Waals surface area contributed by atoms with Gasteiger partial charge in [0.1, 0.15) is 12.5 Å². The SMILES string of the molecule is CC[C@H](C)COc1cccc(C(NS(=O)(=O)CCCOCN/C=C\C(N)=O)c2ccccc2)c1. The fourth-order valence-electron chi connectivity index (χ4n) is 3.02. The topological polar surface area (TPSA) is 120 Å². The minimum Gasteiger partial charge on any atom is -0.493 e. The Kier molecular flexibility index (Phi) is 11.6. The molecule has 1 unspecified atom stereocenters. The van der Waals surface area contributed by atoms with E-state index in [-0.39, 0.29) is 19.1 Å². The number of amides is 1. The highest BCUT2D eigenvalue weighted by Gasteiger charge is 2.21. The van der Waals surface area contributed by atoms with E-state index in [0.717, 1.165) is 17.5 Å². The molecule has 4 N–H and O–H groups in total. The van der Waals surface area contributed by atoms with E-state index < -0.39 is 22.0 Å². The molecule has 0 spiro atoms. The summed E-state index contributed by atoms with van der Waals surface area (Å²) in [7, 11) is -3.59. The van der Waals surface area contributed by atoms with Crippen LogP contribution in [0, 0.1) is 5.92 Å². The quantitative estimate of drug-likeness (QED) is 0.189. The Balaban J connectivity index is 2.01. The fourth-order valence-corrected chi connectivity index (χ4v) is 4.27. The molecule has 0 aromatic heterocycles. The van der Waals surface area contributed by atoms with Gasteiger partial charge >= 0.3 is 0 Å². The van der Waals surface area contributed by atoms with Gasteiger partial charge < -0.3 is 20.5 Å². The van der Waals surface area contributed by atoms with Crippen LogP contribution in [0.2, 0.25) is 0 Å². The van der Waals surface area contributed by atoms with Crippen LogP contribution in [0.25, 0.3) is 0 Å². The molecule has 2 atom stereocenters. The molecule has 2 aromatic carbocycles. The summed E-state index contributed by atoms with van der Waals surface area (Å²) in [6, 6.07) is 16.4. The van der Waals surface area contributed by atoms with Gasteiger partial charge in [-0.15, -0.1) is 0 Å². The maximum Gasteiger partial charge on any atom is 0.242 e. The van der Waals surface area contributed by atoms with Crippen LogP contribution in [0.1, 0.15) is 43.9 Å². The van der Waals surface area contributed by atoms with Gasteiger partial charge in [0, 0.05) is 18.9 Å².